The average Bonchev–Trinajstić information content (AvgIpc) is 2.61. The maximum Gasteiger partial charge on any atom is 0.194 e. The normalized spacial score (nSPS) is 11.3. The Morgan fingerprint density at radius 3 is 1.83 bits per heavy atom. The van der Waals surface area contributed by atoms with E-state index in [9.17, 15) is 9.59 Å². The Morgan fingerprint density at radius 2 is 1.30 bits per heavy atom. The Bertz CT molecular complexity index is 688. The molecule has 0 saturated heterocycles. The van der Waals surface area contributed by atoms with Crippen molar-refractivity contribution in [3.8, 4) is 0 Å². The molecule has 0 atom stereocenters. The first kappa shape index (κ1) is 18.8. The van der Waals surface area contributed by atoms with Gasteiger partial charge in [0, 0.05) is 22.3 Å². The topological polar surface area (TPSA) is 46.2 Å². The Labute approximate surface area is 138 Å². The number of benzene rings is 2. The molecule has 3 rings (SSSR count). The molecule has 3 nitrogen and oxygen atoms in total. The highest BCUT2D eigenvalue weighted by Crippen LogP contribution is 2.28. The van der Waals surface area contributed by atoms with Crippen LogP contribution in [0, 0.1) is 6.92 Å². The Morgan fingerprint density at radius 1 is 0.826 bits per heavy atom. The lowest BCUT2D eigenvalue weighted by Crippen LogP contribution is -2.21. The van der Waals surface area contributed by atoms with E-state index in [2.05, 4.69) is 12.2 Å². The Kier molecular flexibility index (Phi) is 7.36. The molecule has 3 heteroatoms. The van der Waals surface area contributed by atoms with Crippen LogP contribution in [0.5, 0.6) is 0 Å². The van der Waals surface area contributed by atoms with E-state index < -0.39 is 0 Å². The van der Waals surface area contributed by atoms with Crippen LogP contribution in [0.25, 0.3) is 0 Å². The predicted octanol–water partition coefficient (Wildman–Crippen LogP) is 4.02. The van der Waals surface area contributed by atoms with Gasteiger partial charge in [-0.2, -0.15) is 0 Å². The monoisotopic (exact) mass is 311 g/mol. The lowest BCUT2D eigenvalue weighted by molar-refractivity contribution is 0.0978. The van der Waals surface area contributed by atoms with E-state index in [0.29, 0.717) is 22.3 Å². The molecule has 0 unspecified atom stereocenters. The quantitative estimate of drug-likeness (QED) is 0.738. The summed E-state index contributed by atoms with van der Waals surface area (Å²) < 4.78 is 0. The lowest BCUT2D eigenvalue weighted by Gasteiger charge is -2.18. The number of carbonyl (C=O) groups is 2. The van der Waals surface area contributed by atoms with Gasteiger partial charge >= 0.3 is 0 Å². The van der Waals surface area contributed by atoms with Crippen molar-refractivity contribution < 1.29 is 9.59 Å². The summed E-state index contributed by atoms with van der Waals surface area (Å²) in [6, 6.07) is 12.4. The highest BCUT2D eigenvalue weighted by Gasteiger charge is 2.29. The molecule has 23 heavy (non-hydrogen) atoms. The number of nitrogens with one attached hydrogen (secondary N) is 1. The predicted molar refractivity (Wildman–Crippen MR) is 95.4 cm³/mol. The zero-order valence-corrected chi connectivity index (χ0v) is 14.6. The summed E-state index contributed by atoms with van der Waals surface area (Å²) in [5.74, 6) is -0.104. The summed E-state index contributed by atoms with van der Waals surface area (Å²) in [7, 11) is 1.93. The van der Waals surface area contributed by atoms with Crippen molar-refractivity contribution in [2.24, 2.45) is 0 Å². The van der Waals surface area contributed by atoms with Crippen molar-refractivity contribution in [1.29, 1.82) is 0 Å². The minimum atomic E-state index is -0.0566. The summed E-state index contributed by atoms with van der Waals surface area (Å²) in [5, 5.41) is 2.93. The zero-order chi connectivity index (χ0) is 17.4. The van der Waals surface area contributed by atoms with Crippen LogP contribution in [0.1, 0.15) is 58.2 Å². The second-order valence-electron chi connectivity index (χ2n) is 4.91. The van der Waals surface area contributed by atoms with Crippen LogP contribution in [0.15, 0.2) is 42.5 Å². The number of carbonyl (C=O) groups excluding carboxylic acids is 2. The lowest BCUT2D eigenvalue weighted by atomic mass is 9.82. The van der Waals surface area contributed by atoms with Crippen molar-refractivity contribution >= 4 is 11.6 Å². The van der Waals surface area contributed by atoms with Crippen molar-refractivity contribution in [3.63, 3.8) is 0 Å². The molecule has 0 radical (unpaired) electrons. The molecule has 122 valence electrons. The second kappa shape index (κ2) is 9.01. The third-order valence-electron chi connectivity index (χ3n) is 3.51. The van der Waals surface area contributed by atoms with Gasteiger partial charge in [0.2, 0.25) is 0 Å². The van der Waals surface area contributed by atoms with Gasteiger partial charge in [0.1, 0.15) is 0 Å². The molecule has 0 spiro atoms. The smallest absolute Gasteiger partial charge is 0.194 e. The van der Waals surface area contributed by atoms with E-state index in [1.165, 1.54) is 0 Å². The van der Waals surface area contributed by atoms with Crippen LogP contribution in [-0.2, 0) is 0 Å². The van der Waals surface area contributed by atoms with Gasteiger partial charge in [0.15, 0.2) is 11.6 Å². The Balaban J connectivity index is 0.000000388. The van der Waals surface area contributed by atoms with Crippen molar-refractivity contribution in [1.82, 2.24) is 5.32 Å². The third-order valence-corrected chi connectivity index (χ3v) is 3.51. The Hall–Kier alpha value is -2.26. The summed E-state index contributed by atoms with van der Waals surface area (Å²) in [4.78, 5) is 24.6. The molecule has 2 aromatic carbocycles. The third kappa shape index (κ3) is 3.93. The van der Waals surface area contributed by atoms with E-state index in [0.717, 1.165) is 12.1 Å². The number of ketones is 2. The van der Waals surface area contributed by atoms with Gasteiger partial charge in [0.05, 0.1) is 0 Å². The van der Waals surface area contributed by atoms with Crippen LogP contribution in [-0.4, -0.2) is 25.2 Å². The van der Waals surface area contributed by atoms with E-state index in [1.54, 1.807) is 30.3 Å². The van der Waals surface area contributed by atoms with Gasteiger partial charge < -0.3 is 5.32 Å². The zero-order valence-electron chi connectivity index (χ0n) is 14.6. The molecule has 0 amide bonds. The van der Waals surface area contributed by atoms with Gasteiger partial charge in [-0.05, 0) is 26.1 Å². The van der Waals surface area contributed by atoms with E-state index in [4.69, 9.17) is 0 Å². The second-order valence-corrected chi connectivity index (χ2v) is 4.91. The molecule has 0 saturated carbocycles. The highest BCUT2D eigenvalue weighted by atomic mass is 16.1. The number of hydrogen-bond acceptors (Lipinski definition) is 3. The summed E-state index contributed by atoms with van der Waals surface area (Å²) in [5.41, 5.74) is 2.95. The highest BCUT2D eigenvalue weighted by molar-refractivity contribution is 6.28. The van der Waals surface area contributed by atoms with Crippen LogP contribution in [0.3, 0.4) is 0 Å². The van der Waals surface area contributed by atoms with Crippen LogP contribution < -0.4 is 5.32 Å². The largest absolute Gasteiger partial charge is 0.320 e. The standard InChI is InChI=1S/C15H10O2.C3H9N.C2H6/c1-9-5-4-8-12-13(9)15(17)11-7-3-2-6-10(11)14(12)16;1-3-4-2;1-2/h2-8H,1H3;4H,3H2,1-2H3;1-2H3. The minimum absolute atomic E-state index is 0.0479. The number of fused-ring (bicyclic) bond motifs is 2. The summed E-state index contributed by atoms with van der Waals surface area (Å²) in [6.07, 6.45) is 0. The van der Waals surface area contributed by atoms with Gasteiger partial charge in [0.25, 0.3) is 0 Å². The van der Waals surface area contributed by atoms with Gasteiger partial charge in [-0.3, -0.25) is 9.59 Å². The molecule has 1 N–H and O–H groups in total. The molecule has 0 bridgehead atoms. The van der Waals surface area contributed by atoms with Crippen molar-refractivity contribution in [3.05, 3.63) is 70.3 Å². The molecular weight excluding hydrogens is 286 g/mol. The summed E-state index contributed by atoms with van der Waals surface area (Å²) >= 11 is 0. The fourth-order valence-electron chi connectivity index (χ4n) is 2.32. The molecular formula is C20H25NO2. The van der Waals surface area contributed by atoms with Gasteiger partial charge in [-0.15, -0.1) is 0 Å². The van der Waals surface area contributed by atoms with Crippen molar-refractivity contribution in [2.75, 3.05) is 13.6 Å². The van der Waals surface area contributed by atoms with Crippen LogP contribution in [0.4, 0.5) is 0 Å². The van der Waals surface area contributed by atoms with Crippen LogP contribution in [0.2, 0.25) is 0 Å². The van der Waals surface area contributed by atoms with Crippen molar-refractivity contribution in [2.45, 2.75) is 27.7 Å². The summed E-state index contributed by atoms with van der Waals surface area (Å²) in [6.45, 7) is 9.00. The maximum atomic E-state index is 12.3. The van der Waals surface area contributed by atoms with Crippen LogP contribution >= 0.6 is 0 Å². The molecule has 0 aromatic heterocycles. The first-order valence-electron chi connectivity index (χ1n) is 8.04. The first-order chi connectivity index (χ1) is 11.1. The van der Waals surface area contributed by atoms with E-state index in [-0.39, 0.29) is 11.6 Å². The van der Waals surface area contributed by atoms with E-state index in [1.807, 2.05) is 40.0 Å². The molecule has 1 aliphatic carbocycles. The molecule has 2 aromatic rings. The molecule has 1 aliphatic rings. The SMILES string of the molecule is CC.CCNC.Cc1cccc2c1C(=O)c1ccccc1C2=O. The minimum Gasteiger partial charge on any atom is -0.320 e. The average molecular weight is 311 g/mol. The molecule has 0 aliphatic heterocycles. The fraction of sp³-hybridized carbons (Fsp3) is 0.300. The number of hydrogen-bond donors (Lipinski definition) is 1. The first-order valence-corrected chi connectivity index (χ1v) is 8.04. The van der Waals surface area contributed by atoms with Gasteiger partial charge in [-0.25, -0.2) is 0 Å². The molecule has 0 heterocycles. The fourth-order valence-corrected chi connectivity index (χ4v) is 2.32. The number of aryl methyl sites for hydroxylation is 1. The molecule has 0 fully saturated rings. The van der Waals surface area contributed by atoms with E-state index >= 15 is 0 Å². The number of rotatable bonds is 1. The maximum absolute atomic E-state index is 12.3. The van der Waals surface area contributed by atoms with Gasteiger partial charge in [-0.1, -0.05) is 63.2 Å².